The molecule has 82 valence electrons. The van der Waals surface area contributed by atoms with Crippen LogP contribution in [0.2, 0.25) is 0 Å². The van der Waals surface area contributed by atoms with Crippen LogP contribution in [0.15, 0.2) is 0 Å². The van der Waals surface area contributed by atoms with Crippen molar-refractivity contribution in [3.05, 3.63) is 0 Å². The van der Waals surface area contributed by atoms with Crippen LogP contribution in [0.5, 0.6) is 0 Å². The molecule has 0 aromatic rings. The molecule has 0 radical (unpaired) electrons. The minimum absolute atomic E-state index is 0.102. The summed E-state index contributed by atoms with van der Waals surface area (Å²) in [5, 5.41) is 3.55. The molecule has 3 atom stereocenters. The van der Waals surface area contributed by atoms with Crippen LogP contribution in [-0.2, 0) is 4.79 Å². The maximum atomic E-state index is 11.0. The fourth-order valence-corrected chi connectivity index (χ4v) is 2.12. The molecule has 0 aromatic carbocycles. The molecule has 1 amide bonds. The number of carbonyl (C=O) groups excluding carboxylic acids is 1. The fraction of sp³-hybridized carbons (Fsp3) is 0.909. The normalized spacial score (nSPS) is 29.9. The molecule has 0 aromatic heterocycles. The minimum Gasteiger partial charge on any atom is -0.369 e. The predicted molar refractivity (Wildman–Crippen MR) is 57.8 cm³/mol. The van der Waals surface area contributed by atoms with E-state index in [1.165, 1.54) is 6.42 Å². The third-order valence-corrected chi connectivity index (χ3v) is 3.21. The van der Waals surface area contributed by atoms with Gasteiger partial charge in [0.1, 0.15) is 0 Å². The number of carbonyl (C=O) groups is 1. The lowest BCUT2D eigenvalue weighted by atomic mass is 9.85. The molecule has 0 aliphatic heterocycles. The van der Waals surface area contributed by atoms with E-state index >= 15 is 0 Å². The lowest BCUT2D eigenvalue weighted by Gasteiger charge is -2.30. The molecule has 1 rings (SSSR count). The van der Waals surface area contributed by atoms with Crippen LogP contribution in [0, 0.1) is 5.92 Å². The Morgan fingerprint density at radius 3 is 2.86 bits per heavy atom. The summed E-state index contributed by atoms with van der Waals surface area (Å²) in [6.45, 7) is 4.36. The zero-order valence-corrected chi connectivity index (χ0v) is 9.25. The van der Waals surface area contributed by atoms with Gasteiger partial charge in [0.2, 0.25) is 5.91 Å². The van der Waals surface area contributed by atoms with Gasteiger partial charge in [-0.05, 0) is 32.6 Å². The van der Waals surface area contributed by atoms with Crippen molar-refractivity contribution in [2.45, 2.75) is 58.0 Å². The van der Waals surface area contributed by atoms with Crippen LogP contribution >= 0.6 is 0 Å². The van der Waals surface area contributed by atoms with Crippen molar-refractivity contribution in [1.82, 2.24) is 5.32 Å². The minimum atomic E-state index is -0.124. The molecule has 0 spiro atoms. The molecular formula is C11H22N2O. The van der Waals surface area contributed by atoms with Gasteiger partial charge in [-0.25, -0.2) is 0 Å². The molecule has 1 fully saturated rings. The number of nitrogens with two attached hydrogens (primary N) is 1. The molecule has 0 heterocycles. The third-order valence-electron chi connectivity index (χ3n) is 3.21. The van der Waals surface area contributed by atoms with E-state index in [0.717, 1.165) is 25.7 Å². The highest BCUT2D eigenvalue weighted by Crippen LogP contribution is 2.24. The van der Waals surface area contributed by atoms with Gasteiger partial charge < -0.3 is 11.1 Å². The van der Waals surface area contributed by atoms with Crippen molar-refractivity contribution in [3.63, 3.8) is 0 Å². The number of amides is 1. The van der Waals surface area contributed by atoms with Crippen LogP contribution in [0.4, 0.5) is 0 Å². The van der Waals surface area contributed by atoms with Crippen LogP contribution in [0.25, 0.3) is 0 Å². The maximum Gasteiger partial charge on any atom is 0.220 e. The van der Waals surface area contributed by atoms with Crippen molar-refractivity contribution >= 4 is 5.91 Å². The van der Waals surface area contributed by atoms with E-state index in [2.05, 4.69) is 19.2 Å². The van der Waals surface area contributed by atoms with Gasteiger partial charge in [0.25, 0.3) is 0 Å². The Hall–Kier alpha value is -0.570. The molecule has 0 bridgehead atoms. The first-order valence-corrected chi connectivity index (χ1v) is 5.68. The van der Waals surface area contributed by atoms with Gasteiger partial charge >= 0.3 is 0 Å². The topological polar surface area (TPSA) is 55.1 Å². The molecule has 3 N–H and O–H groups in total. The summed E-state index contributed by atoms with van der Waals surface area (Å²) in [6, 6.07) is 1.04. The van der Waals surface area contributed by atoms with Crippen molar-refractivity contribution in [2.24, 2.45) is 11.7 Å². The second kappa shape index (κ2) is 5.35. The monoisotopic (exact) mass is 198 g/mol. The van der Waals surface area contributed by atoms with Crippen LogP contribution < -0.4 is 11.1 Å². The highest BCUT2D eigenvalue weighted by atomic mass is 16.1. The summed E-state index contributed by atoms with van der Waals surface area (Å²) >= 11 is 0. The second-order valence-corrected chi connectivity index (χ2v) is 4.44. The van der Waals surface area contributed by atoms with E-state index in [1.807, 2.05) is 0 Å². The lowest BCUT2D eigenvalue weighted by molar-refractivity contribution is -0.122. The van der Waals surface area contributed by atoms with E-state index in [4.69, 9.17) is 5.73 Å². The third kappa shape index (κ3) is 3.29. The smallest absolute Gasteiger partial charge is 0.220 e. The van der Waals surface area contributed by atoms with E-state index < -0.39 is 0 Å². The number of hydrogen-bond acceptors (Lipinski definition) is 2. The SMILES string of the molecule is CCC(C)NC1CCCC(C(N)=O)C1. The zero-order valence-electron chi connectivity index (χ0n) is 9.25. The fourth-order valence-electron chi connectivity index (χ4n) is 2.12. The van der Waals surface area contributed by atoms with Gasteiger partial charge in [0.15, 0.2) is 0 Å². The number of primary amides is 1. The number of nitrogens with one attached hydrogen (secondary N) is 1. The van der Waals surface area contributed by atoms with Crippen molar-refractivity contribution in [2.75, 3.05) is 0 Å². The van der Waals surface area contributed by atoms with Gasteiger partial charge in [-0.1, -0.05) is 13.3 Å². The van der Waals surface area contributed by atoms with Gasteiger partial charge in [-0.3, -0.25) is 4.79 Å². The second-order valence-electron chi connectivity index (χ2n) is 4.44. The first kappa shape index (κ1) is 11.5. The average Bonchev–Trinajstić information content (AvgIpc) is 2.18. The van der Waals surface area contributed by atoms with Gasteiger partial charge in [-0.15, -0.1) is 0 Å². The summed E-state index contributed by atoms with van der Waals surface area (Å²) in [5.74, 6) is -0.0223. The van der Waals surface area contributed by atoms with Crippen LogP contribution in [-0.4, -0.2) is 18.0 Å². The highest BCUT2D eigenvalue weighted by Gasteiger charge is 2.25. The van der Waals surface area contributed by atoms with Crippen molar-refractivity contribution < 1.29 is 4.79 Å². The Labute approximate surface area is 86.4 Å². The van der Waals surface area contributed by atoms with E-state index in [-0.39, 0.29) is 11.8 Å². The molecule has 14 heavy (non-hydrogen) atoms. The molecule has 1 saturated carbocycles. The zero-order chi connectivity index (χ0) is 10.6. The predicted octanol–water partition coefficient (Wildman–Crippen LogP) is 1.42. The Balaban J connectivity index is 2.36. The van der Waals surface area contributed by atoms with E-state index in [0.29, 0.717) is 12.1 Å². The molecule has 3 unspecified atom stereocenters. The summed E-state index contributed by atoms with van der Waals surface area (Å²) in [7, 11) is 0. The van der Waals surface area contributed by atoms with Gasteiger partial charge in [0.05, 0.1) is 0 Å². The molecule has 3 heteroatoms. The van der Waals surface area contributed by atoms with E-state index in [9.17, 15) is 4.79 Å². The maximum absolute atomic E-state index is 11.0. The van der Waals surface area contributed by atoms with Crippen LogP contribution in [0.3, 0.4) is 0 Å². The summed E-state index contributed by atoms with van der Waals surface area (Å²) in [4.78, 5) is 11.0. The molecule has 3 nitrogen and oxygen atoms in total. The average molecular weight is 198 g/mol. The Morgan fingerprint density at radius 1 is 1.57 bits per heavy atom. The summed E-state index contributed by atoms with van der Waals surface area (Å²) in [6.07, 6.45) is 5.36. The molecule has 0 saturated heterocycles. The quantitative estimate of drug-likeness (QED) is 0.717. The van der Waals surface area contributed by atoms with E-state index in [1.54, 1.807) is 0 Å². The summed E-state index contributed by atoms with van der Waals surface area (Å²) < 4.78 is 0. The number of hydrogen-bond donors (Lipinski definition) is 2. The first-order chi connectivity index (χ1) is 6.63. The summed E-state index contributed by atoms with van der Waals surface area (Å²) in [5.41, 5.74) is 5.33. The Morgan fingerprint density at radius 2 is 2.29 bits per heavy atom. The lowest BCUT2D eigenvalue weighted by Crippen LogP contribution is -2.42. The number of rotatable bonds is 4. The Bertz CT molecular complexity index is 194. The largest absolute Gasteiger partial charge is 0.369 e. The molecule has 1 aliphatic rings. The molecular weight excluding hydrogens is 176 g/mol. The standard InChI is InChI=1S/C11H22N2O/c1-3-8(2)13-10-6-4-5-9(7-10)11(12)14/h8-10,13H,3-7H2,1-2H3,(H2,12,14). The Kier molecular flexibility index (Phi) is 4.39. The highest BCUT2D eigenvalue weighted by molar-refractivity contribution is 5.76. The van der Waals surface area contributed by atoms with Crippen molar-refractivity contribution in [1.29, 1.82) is 0 Å². The van der Waals surface area contributed by atoms with Crippen LogP contribution in [0.1, 0.15) is 46.0 Å². The van der Waals surface area contributed by atoms with Gasteiger partial charge in [-0.2, -0.15) is 0 Å². The molecule has 1 aliphatic carbocycles. The van der Waals surface area contributed by atoms with Crippen molar-refractivity contribution in [3.8, 4) is 0 Å². The van der Waals surface area contributed by atoms with Gasteiger partial charge in [0, 0.05) is 18.0 Å². The first-order valence-electron chi connectivity index (χ1n) is 5.68.